The van der Waals surface area contributed by atoms with Crippen LogP contribution in [0.15, 0.2) is 42.5 Å². The lowest BCUT2D eigenvalue weighted by Gasteiger charge is -2.44. The van der Waals surface area contributed by atoms with E-state index in [4.69, 9.17) is 16.3 Å². The maximum atomic E-state index is 14.0. The van der Waals surface area contributed by atoms with Gasteiger partial charge in [-0.05, 0) is 49.4 Å². The number of nitrogens with one attached hydrogen (secondary N) is 1. The van der Waals surface area contributed by atoms with Crippen molar-refractivity contribution < 1.29 is 13.9 Å². The van der Waals surface area contributed by atoms with Crippen molar-refractivity contribution in [2.75, 3.05) is 0 Å². The molecule has 142 valence electrons. The summed E-state index contributed by atoms with van der Waals surface area (Å²) in [6.45, 7) is 0. The molecule has 1 amide bonds. The average molecular weight is 388 g/mol. The fraction of sp³-hybridized carbons (Fsp3) is 0.409. The molecule has 27 heavy (non-hydrogen) atoms. The number of amides is 1. The minimum Gasteiger partial charge on any atom is -0.487 e. The molecule has 1 N–H and O–H groups in total. The van der Waals surface area contributed by atoms with Crippen LogP contribution in [0.1, 0.15) is 55.7 Å². The van der Waals surface area contributed by atoms with E-state index >= 15 is 0 Å². The Hall–Kier alpha value is -2.07. The molecule has 1 aliphatic carbocycles. The molecule has 0 bridgehead atoms. The summed E-state index contributed by atoms with van der Waals surface area (Å²) < 4.78 is 20.4. The summed E-state index contributed by atoms with van der Waals surface area (Å²) in [5.41, 5.74) is 1.15. The molecule has 1 spiro atoms. The first kappa shape index (κ1) is 18.3. The van der Waals surface area contributed by atoms with Crippen molar-refractivity contribution in [3.05, 3.63) is 64.4 Å². The van der Waals surface area contributed by atoms with E-state index < -0.39 is 5.82 Å². The predicted octanol–water partition coefficient (Wildman–Crippen LogP) is 5.36. The molecule has 3 nitrogen and oxygen atoms in total. The first-order valence-corrected chi connectivity index (χ1v) is 9.94. The highest BCUT2D eigenvalue weighted by Gasteiger charge is 2.42. The molecule has 2 aliphatic rings. The van der Waals surface area contributed by atoms with Crippen LogP contribution in [-0.4, -0.2) is 11.5 Å². The fourth-order valence-corrected chi connectivity index (χ4v) is 4.49. The van der Waals surface area contributed by atoms with Crippen LogP contribution in [-0.2, 0) is 11.2 Å². The minimum absolute atomic E-state index is 0.00444. The molecule has 2 aromatic rings. The van der Waals surface area contributed by atoms with Gasteiger partial charge in [0.05, 0.1) is 12.5 Å². The lowest BCUT2D eigenvalue weighted by molar-refractivity contribution is -0.122. The molecule has 1 fully saturated rings. The Morgan fingerprint density at radius 2 is 1.96 bits per heavy atom. The molecule has 1 saturated carbocycles. The normalized spacial score (nSPS) is 20.6. The highest BCUT2D eigenvalue weighted by atomic mass is 35.5. The van der Waals surface area contributed by atoms with E-state index in [1.54, 1.807) is 12.1 Å². The van der Waals surface area contributed by atoms with Crippen molar-refractivity contribution in [1.29, 1.82) is 0 Å². The standard InChI is InChI=1S/C22H23ClFNO2/c23-16-9-8-15(18(24)13-16)12-21(26)25-19-14-22(10-4-1-5-11-22)27-20-7-3-2-6-17(19)20/h2-3,6-9,13,19H,1,4-5,10-12,14H2,(H,25,26)/t19-/m0/s1. The van der Waals surface area contributed by atoms with Crippen LogP contribution in [0.2, 0.25) is 5.02 Å². The maximum Gasteiger partial charge on any atom is 0.225 e. The number of carbonyl (C=O) groups is 1. The average Bonchev–Trinajstić information content (AvgIpc) is 2.64. The Morgan fingerprint density at radius 1 is 1.19 bits per heavy atom. The Morgan fingerprint density at radius 3 is 2.74 bits per heavy atom. The first-order valence-electron chi connectivity index (χ1n) is 9.56. The van der Waals surface area contributed by atoms with Gasteiger partial charge < -0.3 is 10.1 Å². The Balaban J connectivity index is 1.53. The zero-order chi connectivity index (χ0) is 18.9. The highest BCUT2D eigenvalue weighted by Crippen LogP contribution is 2.46. The third-order valence-corrected chi connectivity index (χ3v) is 5.90. The monoisotopic (exact) mass is 387 g/mol. The van der Waals surface area contributed by atoms with Crippen LogP contribution in [0.4, 0.5) is 4.39 Å². The zero-order valence-corrected chi connectivity index (χ0v) is 15.9. The summed E-state index contributed by atoms with van der Waals surface area (Å²) in [6, 6.07) is 12.2. The molecule has 0 saturated heterocycles. The first-order chi connectivity index (χ1) is 13.0. The third kappa shape index (κ3) is 3.96. The van der Waals surface area contributed by atoms with E-state index in [2.05, 4.69) is 5.32 Å². The molecule has 0 radical (unpaired) electrons. The summed E-state index contributed by atoms with van der Waals surface area (Å²) >= 11 is 5.79. The molecule has 0 unspecified atom stereocenters. The summed E-state index contributed by atoms with van der Waals surface area (Å²) in [5.74, 6) is 0.214. The number of carbonyl (C=O) groups excluding carboxylic acids is 1. The number of hydrogen-bond acceptors (Lipinski definition) is 2. The van der Waals surface area contributed by atoms with Crippen molar-refractivity contribution in [3.63, 3.8) is 0 Å². The number of benzene rings is 2. The van der Waals surface area contributed by atoms with Crippen molar-refractivity contribution in [3.8, 4) is 5.75 Å². The number of halogens is 2. The number of fused-ring (bicyclic) bond motifs is 1. The second-order valence-electron chi connectivity index (χ2n) is 7.62. The number of rotatable bonds is 3. The van der Waals surface area contributed by atoms with Gasteiger partial charge in [0.15, 0.2) is 0 Å². The lowest BCUT2D eigenvalue weighted by Crippen LogP contribution is -2.46. The van der Waals surface area contributed by atoms with E-state index in [-0.39, 0.29) is 24.0 Å². The number of ether oxygens (including phenoxy) is 1. The Bertz CT molecular complexity index is 848. The van der Waals surface area contributed by atoms with E-state index in [1.165, 1.54) is 12.5 Å². The van der Waals surface area contributed by atoms with Gasteiger partial charge in [-0.2, -0.15) is 0 Å². The molecular weight excluding hydrogens is 365 g/mol. The van der Waals surface area contributed by atoms with E-state index in [9.17, 15) is 9.18 Å². The van der Waals surface area contributed by atoms with Gasteiger partial charge in [-0.1, -0.05) is 42.3 Å². The molecular formula is C22H23ClFNO2. The van der Waals surface area contributed by atoms with Gasteiger partial charge in [0, 0.05) is 17.0 Å². The van der Waals surface area contributed by atoms with Gasteiger partial charge in [0.2, 0.25) is 5.91 Å². The number of hydrogen-bond donors (Lipinski definition) is 1. The van der Waals surface area contributed by atoms with Crippen LogP contribution in [0, 0.1) is 5.82 Å². The SMILES string of the molecule is O=C(Cc1ccc(Cl)cc1F)N[C@H]1CC2(CCCCC2)Oc2ccccc21. The van der Waals surface area contributed by atoms with Crippen LogP contribution in [0.25, 0.3) is 0 Å². The summed E-state index contributed by atoms with van der Waals surface area (Å²) in [7, 11) is 0. The quantitative estimate of drug-likeness (QED) is 0.769. The molecule has 5 heteroatoms. The van der Waals surface area contributed by atoms with Crippen LogP contribution >= 0.6 is 11.6 Å². The van der Waals surface area contributed by atoms with Gasteiger partial charge >= 0.3 is 0 Å². The molecule has 0 aromatic heterocycles. The van der Waals surface area contributed by atoms with E-state index in [1.807, 2.05) is 24.3 Å². The van der Waals surface area contributed by atoms with E-state index in [0.29, 0.717) is 10.6 Å². The molecule has 1 aliphatic heterocycles. The second-order valence-corrected chi connectivity index (χ2v) is 8.06. The van der Waals surface area contributed by atoms with Crippen molar-refractivity contribution in [2.45, 2.75) is 56.6 Å². The minimum atomic E-state index is -0.450. The topological polar surface area (TPSA) is 38.3 Å². The highest BCUT2D eigenvalue weighted by molar-refractivity contribution is 6.30. The van der Waals surface area contributed by atoms with E-state index in [0.717, 1.165) is 43.4 Å². The zero-order valence-electron chi connectivity index (χ0n) is 15.1. The third-order valence-electron chi connectivity index (χ3n) is 5.66. The Kier molecular flexibility index (Phi) is 5.09. The van der Waals surface area contributed by atoms with Crippen molar-refractivity contribution >= 4 is 17.5 Å². The molecule has 4 rings (SSSR count). The largest absolute Gasteiger partial charge is 0.487 e. The van der Waals surface area contributed by atoms with Gasteiger partial charge in [-0.25, -0.2) is 4.39 Å². The van der Waals surface area contributed by atoms with Crippen LogP contribution < -0.4 is 10.1 Å². The van der Waals surface area contributed by atoms with Crippen molar-refractivity contribution in [1.82, 2.24) is 5.32 Å². The second kappa shape index (κ2) is 7.51. The predicted molar refractivity (Wildman–Crippen MR) is 104 cm³/mol. The summed E-state index contributed by atoms with van der Waals surface area (Å²) in [6.07, 6.45) is 6.32. The number of para-hydroxylation sites is 1. The van der Waals surface area contributed by atoms with Crippen LogP contribution in [0.3, 0.4) is 0 Å². The smallest absolute Gasteiger partial charge is 0.225 e. The summed E-state index contributed by atoms with van der Waals surface area (Å²) in [5, 5.41) is 3.45. The van der Waals surface area contributed by atoms with Gasteiger partial charge in [-0.3, -0.25) is 4.79 Å². The van der Waals surface area contributed by atoms with Gasteiger partial charge in [-0.15, -0.1) is 0 Å². The van der Waals surface area contributed by atoms with Crippen LogP contribution in [0.5, 0.6) is 5.75 Å². The maximum absolute atomic E-state index is 14.0. The Labute approximate surface area is 163 Å². The molecule has 2 aromatic carbocycles. The summed E-state index contributed by atoms with van der Waals surface area (Å²) in [4.78, 5) is 12.6. The van der Waals surface area contributed by atoms with Crippen molar-refractivity contribution in [2.24, 2.45) is 0 Å². The molecule has 1 heterocycles. The lowest BCUT2D eigenvalue weighted by atomic mass is 9.77. The fourth-order valence-electron chi connectivity index (χ4n) is 4.33. The van der Waals surface area contributed by atoms with Gasteiger partial charge in [0.1, 0.15) is 17.2 Å². The molecule has 1 atom stereocenters. The van der Waals surface area contributed by atoms with Gasteiger partial charge in [0.25, 0.3) is 0 Å².